The molecule has 2 aromatic rings. The molecule has 2 aromatic carbocycles. The van der Waals surface area contributed by atoms with Crippen LogP contribution in [0.2, 0.25) is 0 Å². The van der Waals surface area contributed by atoms with Gasteiger partial charge in [-0.15, -0.1) is 0 Å². The Morgan fingerprint density at radius 2 is 1.80 bits per heavy atom. The van der Waals surface area contributed by atoms with E-state index < -0.39 is 0 Å². The fourth-order valence-electron chi connectivity index (χ4n) is 2.57. The summed E-state index contributed by atoms with van der Waals surface area (Å²) in [5.41, 5.74) is 3.25. The van der Waals surface area contributed by atoms with Crippen molar-refractivity contribution in [1.29, 1.82) is 0 Å². The molecule has 0 fully saturated rings. The van der Waals surface area contributed by atoms with Crippen LogP contribution < -0.4 is 10.1 Å². The van der Waals surface area contributed by atoms with Crippen LogP contribution in [0.4, 0.5) is 5.69 Å². The molecule has 4 nitrogen and oxygen atoms in total. The average molecular weight is 340 g/mol. The molecule has 4 heteroatoms. The second kappa shape index (κ2) is 9.84. The Bertz CT molecular complexity index is 666. The molecule has 0 aliphatic heterocycles. The van der Waals surface area contributed by atoms with Crippen molar-refractivity contribution in [1.82, 2.24) is 4.90 Å². The summed E-state index contributed by atoms with van der Waals surface area (Å²) in [6.45, 7) is 3.78. The van der Waals surface area contributed by atoms with Gasteiger partial charge in [-0.05, 0) is 69.3 Å². The van der Waals surface area contributed by atoms with E-state index in [1.807, 2.05) is 36.4 Å². The minimum atomic E-state index is 0.0305. The number of nitrogens with one attached hydrogen (secondary N) is 1. The van der Waals surface area contributed by atoms with Gasteiger partial charge in [0, 0.05) is 18.7 Å². The molecule has 0 aliphatic rings. The molecule has 1 N–H and O–H groups in total. The largest absolute Gasteiger partial charge is 0.494 e. The summed E-state index contributed by atoms with van der Waals surface area (Å²) in [4.78, 5) is 14.2. The summed E-state index contributed by atoms with van der Waals surface area (Å²) in [6, 6.07) is 15.7. The van der Waals surface area contributed by atoms with E-state index in [1.54, 1.807) is 0 Å². The number of ether oxygens (including phenoxy) is 1. The molecule has 0 aliphatic carbocycles. The summed E-state index contributed by atoms with van der Waals surface area (Å²) in [7, 11) is 4.10. The predicted octanol–water partition coefficient (Wildman–Crippen LogP) is 3.90. The molecule has 0 saturated heterocycles. The third-order valence-electron chi connectivity index (χ3n) is 4.04. The van der Waals surface area contributed by atoms with Crippen LogP contribution in [0, 0.1) is 6.92 Å². The van der Waals surface area contributed by atoms with Crippen molar-refractivity contribution in [2.75, 3.05) is 32.6 Å². The van der Waals surface area contributed by atoms with Crippen molar-refractivity contribution >= 4 is 11.6 Å². The van der Waals surface area contributed by atoms with E-state index in [2.05, 4.69) is 43.4 Å². The minimum Gasteiger partial charge on any atom is -0.494 e. The van der Waals surface area contributed by atoms with Crippen LogP contribution in [0.3, 0.4) is 0 Å². The maximum Gasteiger partial charge on any atom is 0.224 e. The number of carbonyl (C=O) groups excluding carboxylic acids is 1. The van der Waals surface area contributed by atoms with Gasteiger partial charge in [0.2, 0.25) is 5.91 Å². The first-order chi connectivity index (χ1) is 12.0. The Morgan fingerprint density at radius 3 is 2.48 bits per heavy atom. The molecule has 0 unspecified atom stereocenters. The van der Waals surface area contributed by atoms with Crippen LogP contribution in [0.15, 0.2) is 48.5 Å². The first-order valence-corrected chi connectivity index (χ1v) is 8.76. The third kappa shape index (κ3) is 6.98. The normalized spacial score (nSPS) is 10.7. The van der Waals surface area contributed by atoms with Gasteiger partial charge in [-0.25, -0.2) is 0 Å². The fraction of sp³-hybridized carbons (Fsp3) is 0.381. The molecule has 2 rings (SSSR count). The van der Waals surface area contributed by atoms with Crippen LogP contribution in [-0.2, 0) is 11.2 Å². The monoisotopic (exact) mass is 340 g/mol. The van der Waals surface area contributed by atoms with Gasteiger partial charge in [0.05, 0.1) is 6.61 Å². The topological polar surface area (TPSA) is 41.6 Å². The van der Waals surface area contributed by atoms with E-state index in [0.29, 0.717) is 13.0 Å². The van der Waals surface area contributed by atoms with Crippen LogP contribution in [0.5, 0.6) is 5.75 Å². The third-order valence-corrected chi connectivity index (χ3v) is 4.04. The lowest BCUT2D eigenvalue weighted by molar-refractivity contribution is -0.116. The highest BCUT2D eigenvalue weighted by Gasteiger charge is 2.05. The highest BCUT2D eigenvalue weighted by atomic mass is 16.5. The zero-order valence-corrected chi connectivity index (χ0v) is 15.4. The van der Waals surface area contributed by atoms with E-state index in [0.717, 1.165) is 30.8 Å². The summed E-state index contributed by atoms with van der Waals surface area (Å²) >= 11 is 0. The Kier molecular flexibility index (Phi) is 7.48. The Morgan fingerprint density at radius 1 is 1.08 bits per heavy atom. The van der Waals surface area contributed by atoms with Crippen molar-refractivity contribution in [3.8, 4) is 5.75 Å². The van der Waals surface area contributed by atoms with Gasteiger partial charge in [0.25, 0.3) is 0 Å². The second-order valence-electron chi connectivity index (χ2n) is 6.50. The van der Waals surface area contributed by atoms with Crippen molar-refractivity contribution in [3.05, 3.63) is 59.7 Å². The van der Waals surface area contributed by atoms with Crippen LogP contribution in [-0.4, -0.2) is 38.1 Å². The molecule has 0 bridgehead atoms. The summed E-state index contributed by atoms with van der Waals surface area (Å²) < 4.78 is 5.70. The summed E-state index contributed by atoms with van der Waals surface area (Å²) in [5.74, 6) is 0.861. The lowest BCUT2D eigenvalue weighted by Gasteiger charge is -2.11. The maximum absolute atomic E-state index is 12.1. The number of hydrogen-bond acceptors (Lipinski definition) is 3. The Balaban J connectivity index is 1.74. The standard InChI is InChI=1S/C21H28N2O2/c1-17-7-4-5-8-18(17)9-14-21(24)22-19-10-12-20(13-11-19)25-16-6-15-23(2)3/h4-5,7-8,10-13H,6,9,14-16H2,1-3H3,(H,22,24). The van der Waals surface area contributed by atoms with Crippen molar-refractivity contribution < 1.29 is 9.53 Å². The average Bonchev–Trinajstić information content (AvgIpc) is 2.59. The lowest BCUT2D eigenvalue weighted by Crippen LogP contribution is -2.15. The van der Waals surface area contributed by atoms with Gasteiger partial charge < -0.3 is 15.0 Å². The van der Waals surface area contributed by atoms with E-state index in [1.165, 1.54) is 11.1 Å². The number of anilines is 1. The highest BCUT2D eigenvalue weighted by molar-refractivity contribution is 5.90. The zero-order chi connectivity index (χ0) is 18.1. The number of benzene rings is 2. The number of nitrogens with zero attached hydrogens (tertiary/aromatic N) is 1. The number of hydrogen-bond donors (Lipinski definition) is 1. The Hall–Kier alpha value is -2.33. The quantitative estimate of drug-likeness (QED) is 0.704. The Labute approximate surface area is 150 Å². The van der Waals surface area contributed by atoms with Gasteiger partial charge in [-0.2, -0.15) is 0 Å². The molecule has 0 saturated carbocycles. The first-order valence-electron chi connectivity index (χ1n) is 8.76. The van der Waals surface area contributed by atoms with Gasteiger partial charge in [0.15, 0.2) is 0 Å². The molecule has 0 radical (unpaired) electrons. The van der Waals surface area contributed by atoms with Crippen molar-refractivity contribution in [3.63, 3.8) is 0 Å². The minimum absolute atomic E-state index is 0.0305. The summed E-state index contributed by atoms with van der Waals surface area (Å²) in [6.07, 6.45) is 2.23. The van der Waals surface area contributed by atoms with Gasteiger partial charge >= 0.3 is 0 Å². The molecule has 0 atom stereocenters. The molecular weight excluding hydrogens is 312 g/mol. The zero-order valence-electron chi connectivity index (χ0n) is 15.4. The lowest BCUT2D eigenvalue weighted by atomic mass is 10.0. The highest BCUT2D eigenvalue weighted by Crippen LogP contribution is 2.17. The van der Waals surface area contributed by atoms with Gasteiger partial charge in [0.1, 0.15) is 5.75 Å². The second-order valence-corrected chi connectivity index (χ2v) is 6.50. The predicted molar refractivity (Wildman–Crippen MR) is 103 cm³/mol. The molecule has 0 spiro atoms. The molecule has 0 aromatic heterocycles. The number of carbonyl (C=O) groups is 1. The molecule has 1 amide bonds. The number of amides is 1. The van der Waals surface area contributed by atoms with Crippen LogP contribution in [0.25, 0.3) is 0 Å². The summed E-state index contributed by atoms with van der Waals surface area (Å²) in [5, 5.41) is 2.94. The molecular formula is C21H28N2O2. The SMILES string of the molecule is Cc1ccccc1CCC(=O)Nc1ccc(OCCCN(C)C)cc1. The van der Waals surface area contributed by atoms with Gasteiger partial charge in [-0.1, -0.05) is 24.3 Å². The number of rotatable bonds is 9. The van der Waals surface area contributed by atoms with Crippen molar-refractivity contribution in [2.45, 2.75) is 26.2 Å². The number of aryl methyl sites for hydroxylation is 2. The van der Waals surface area contributed by atoms with E-state index in [-0.39, 0.29) is 5.91 Å². The molecule has 0 heterocycles. The van der Waals surface area contributed by atoms with Crippen LogP contribution >= 0.6 is 0 Å². The van der Waals surface area contributed by atoms with E-state index in [4.69, 9.17) is 4.74 Å². The molecule has 134 valence electrons. The maximum atomic E-state index is 12.1. The van der Waals surface area contributed by atoms with Crippen LogP contribution in [0.1, 0.15) is 24.0 Å². The smallest absolute Gasteiger partial charge is 0.224 e. The van der Waals surface area contributed by atoms with E-state index >= 15 is 0 Å². The van der Waals surface area contributed by atoms with Gasteiger partial charge in [-0.3, -0.25) is 4.79 Å². The fourth-order valence-corrected chi connectivity index (χ4v) is 2.57. The molecule has 25 heavy (non-hydrogen) atoms. The first kappa shape index (κ1) is 19.0. The van der Waals surface area contributed by atoms with Crippen molar-refractivity contribution in [2.24, 2.45) is 0 Å². The van der Waals surface area contributed by atoms with E-state index in [9.17, 15) is 4.79 Å².